The minimum absolute atomic E-state index is 0.232. The Bertz CT molecular complexity index is 557. The summed E-state index contributed by atoms with van der Waals surface area (Å²) in [7, 11) is 1.71. The van der Waals surface area contributed by atoms with E-state index in [0.717, 1.165) is 43.0 Å². The third-order valence-corrected chi connectivity index (χ3v) is 3.30. The molecule has 0 saturated carbocycles. The van der Waals surface area contributed by atoms with Gasteiger partial charge in [-0.2, -0.15) is 0 Å². The van der Waals surface area contributed by atoms with Gasteiger partial charge in [0, 0.05) is 25.8 Å². The number of ether oxygens (including phenoxy) is 2. The van der Waals surface area contributed by atoms with Gasteiger partial charge in [0.25, 0.3) is 0 Å². The van der Waals surface area contributed by atoms with Crippen LogP contribution >= 0.6 is 0 Å². The van der Waals surface area contributed by atoms with E-state index in [2.05, 4.69) is 5.32 Å². The molecule has 0 heterocycles. The number of halogens is 1. The summed E-state index contributed by atoms with van der Waals surface area (Å²) >= 11 is 0. The molecule has 3 nitrogen and oxygen atoms in total. The molecule has 0 aliphatic heterocycles. The summed E-state index contributed by atoms with van der Waals surface area (Å²) in [6.45, 7) is 2.85. The second-order valence-corrected chi connectivity index (χ2v) is 5.05. The van der Waals surface area contributed by atoms with Crippen LogP contribution in [0.2, 0.25) is 0 Å². The Labute approximate surface area is 131 Å². The number of nitrogens with one attached hydrogen (secondary N) is 1. The van der Waals surface area contributed by atoms with Crippen molar-refractivity contribution in [3.63, 3.8) is 0 Å². The van der Waals surface area contributed by atoms with Gasteiger partial charge in [0.2, 0.25) is 0 Å². The van der Waals surface area contributed by atoms with Gasteiger partial charge in [0.05, 0.1) is 0 Å². The number of hydrogen-bond acceptors (Lipinski definition) is 3. The van der Waals surface area contributed by atoms with Crippen LogP contribution in [-0.2, 0) is 17.9 Å². The van der Waals surface area contributed by atoms with Gasteiger partial charge in [-0.25, -0.2) is 4.39 Å². The molecule has 0 saturated heterocycles. The van der Waals surface area contributed by atoms with Crippen molar-refractivity contribution in [2.24, 2.45) is 0 Å². The van der Waals surface area contributed by atoms with Gasteiger partial charge in [-0.3, -0.25) is 0 Å². The van der Waals surface area contributed by atoms with Crippen LogP contribution in [0.25, 0.3) is 0 Å². The van der Waals surface area contributed by atoms with Gasteiger partial charge < -0.3 is 14.8 Å². The summed E-state index contributed by atoms with van der Waals surface area (Å²) in [6, 6.07) is 14.3. The highest BCUT2D eigenvalue weighted by Gasteiger charge is 2.03. The van der Waals surface area contributed by atoms with Crippen molar-refractivity contribution in [1.82, 2.24) is 5.32 Å². The highest BCUT2D eigenvalue weighted by atomic mass is 19.1. The molecule has 1 N–H and O–H groups in total. The third-order valence-electron chi connectivity index (χ3n) is 3.30. The number of rotatable bonds is 9. The molecule has 0 amide bonds. The van der Waals surface area contributed by atoms with E-state index in [4.69, 9.17) is 9.47 Å². The molecule has 22 heavy (non-hydrogen) atoms. The maximum absolute atomic E-state index is 12.9. The maximum atomic E-state index is 12.9. The first kappa shape index (κ1) is 16.5. The lowest BCUT2D eigenvalue weighted by Crippen LogP contribution is -2.16. The van der Waals surface area contributed by atoms with E-state index < -0.39 is 0 Å². The molecule has 2 aromatic carbocycles. The normalized spacial score (nSPS) is 10.6. The molecule has 0 atom stereocenters. The van der Waals surface area contributed by atoms with E-state index in [9.17, 15) is 4.39 Å². The predicted molar refractivity (Wildman–Crippen MR) is 85.4 cm³/mol. The minimum atomic E-state index is -0.232. The largest absolute Gasteiger partial charge is 0.489 e. The van der Waals surface area contributed by atoms with Crippen molar-refractivity contribution >= 4 is 0 Å². The van der Waals surface area contributed by atoms with Crippen molar-refractivity contribution in [2.45, 2.75) is 19.6 Å². The zero-order chi connectivity index (χ0) is 15.6. The molecular formula is C18H22FNO2. The van der Waals surface area contributed by atoms with Gasteiger partial charge in [-0.1, -0.05) is 30.3 Å². The van der Waals surface area contributed by atoms with Crippen molar-refractivity contribution in [3.05, 3.63) is 65.5 Å². The van der Waals surface area contributed by atoms with Crippen LogP contribution in [0.5, 0.6) is 5.75 Å². The quantitative estimate of drug-likeness (QED) is 0.719. The maximum Gasteiger partial charge on any atom is 0.124 e. The van der Waals surface area contributed by atoms with Crippen LogP contribution in [0.15, 0.2) is 48.5 Å². The Morgan fingerprint density at radius 2 is 1.82 bits per heavy atom. The highest BCUT2D eigenvalue weighted by Crippen LogP contribution is 2.19. The highest BCUT2D eigenvalue weighted by molar-refractivity contribution is 5.33. The van der Waals surface area contributed by atoms with Crippen LogP contribution < -0.4 is 10.1 Å². The van der Waals surface area contributed by atoms with Crippen LogP contribution in [-0.4, -0.2) is 20.3 Å². The van der Waals surface area contributed by atoms with Gasteiger partial charge in [-0.15, -0.1) is 0 Å². The molecule has 0 fully saturated rings. The predicted octanol–water partition coefficient (Wildman–Crippen LogP) is 3.53. The van der Waals surface area contributed by atoms with Crippen molar-refractivity contribution < 1.29 is 13.9 Å². The van der Waals surface area contributed by atoms with E-state index >= 15 is 0 Å². The molecule has 0 aromatic heterocycles. The van der Waals surface area contributed by atoms with Crippen molar-refractivity contribution in [2.75, 3.05) is 20.3 Å². The van der Waals surface area contributed by atoms with E-state index in [1.165, 1.54) is 12.1 Å². The first-order chi connectivity index (χ1) is 10.8. The fraction of sp³-hybridized carbons (Fsp3) is 0.333. The van der Waals surface area contributed by atoms with Crippen molar-refractivity contribution in [1.29, 1.82) is 0 Å². The zero-order valence-electron chi connectivity index (χ0n) is 12.8. The number of benzene rings is 2. The number of para-hydroxylation sites is 1. The molecule has 0 aliphatic rings. The molecule has 4 heteroatoms. The Hall–Kier alpha value is -1.91. The van der Waals surface area contributed by atoms with Crippen molar-refractivity contribution in [3.8, 4) is 5.75 Å². The van der Waals surface area contributed by atoms with E-state index in [1.54, 1.807) is 19.2 Å². The topological polar surface area (TPSA) is 30.5 Å². The van der Waals surface area contributed by atoms with Crippen LogP contribution in [0.1, 0.15) is 17.5 Å². The Morgan fingerprint density at radius 3 is 2.59 bits per heavy atom. The van der Waals surface area contributed by atoms with Gasteiger partial charge in [-0.05, 0) is 36.7 Å². The summed E-state index contributed by atoms with van der Waals surface area (Å²) in [5.41, 5.74) is 2.06. The second kappa shape index (κ2) is 9.18. The fourth-order valence-corrected chi connectivity index (χ4v) is 2.10. The molecule has 2 aromatic rings. The van der Waals surface area contributed by atoms with E-state index in [-0.39, 0.29) is 5.82 Å². The average Bonchev–Trinajstić information content (AvgIpc) is 2.55. The summed E-state index contributed by atoms with van der Waals surface area (Å²) in [4.78, 5) is 0. The fourth-order valence-electron chi connectivity index (χ4n) is 2.10. The summed E-state index contributed by atoms with van der Waals surface area (Å²) in [5.74, 6) is 0.621. The molecule has 0 spiro atoms. The number of hydrogen-bond donors (Lipinski definition) is 1. The van der Waals surface area contributed by atoms with Crippen LogP contribution in [0.3, 0.4) is 0 Å². The van der Waals surface area contributed by atoms with Crippen LogP contribution in [0.4, 0.5) is 4.39 Å². The molecule has 0 bridgehead atoms. The Kier molecular flexibility index (Phi) is 6.87. The molecule has 118 valence electrons. The van der Waals surface area contributed by atoms with Gasteiger partial charge in [0.15, 0.2) is 0 Å². The second-order valence-electron chi connectivity index (χ2n) is 5.05. The Morgan fingerprint density at radius 1 is 1.05 bits per heavy atom. The first-order valence-corrected chi connectivity index (χ1v) is 7.44. The van der Waals surface area contributed by atoms with Crippen LogP contribution in [0, 0.1) is 5.82 Å². The zero-order valence-corrected chi connectivity index (χ0v) is 12.8. The lowest BCUT2D eigenvalue weighted by molar-refractivity contribution is 0.194. The van der Waals surface area contributed by atoms with Gasteiger partial charge in [0.1, 0.15) is 18.2 Å². The summed E-state index contributed by atoms with van der Waals surface area (Å²) < 4.78 is 23.8. The molecule has 0 radical (unpaired) electrons. The smallest absolute Gasteiger partial charge is 0.124 e. The molecule has 0 unspecified atom stereocenters. The standard InChI is InChI=1S/C18H22FNO2/c1-21-12-4-11-20-13-16-5-2-3-6-18(16)22-14-15-7-9-17(19)10-8-15/h2-3,5-10,20H,4,11-14H2,1H3. The Balaban J connectivity index is 1.86. The third kappa shape index (κ3) is 5.47. The minimum Gasteiger partial charge on any atom is -0.489 e. The lowest BCUT2D eigenvalue weighted by Gasteiger charge is -2.12. The average molecular weight is 303 g/mol. The van der Waals surface area contributed by atoms with E-state index in [1.807, 2.05) is 24.3 Å². The lowest BCUT2D eigenvalue weighted by atomic mass is 10.2. The van der Waals surface area contributed by atoms with Gasteiger partial charge >= 0.3 is 0 Å². The molecule has 0 aliphatic carbocycles. The summed E-state index contributed by atoms with van der Waals surface area (Å²) in [5, 5.41) is 3.37. The van der Waals surface area contributed by atoms with E-state index in [0.29, 0.717) is 6.61 Å². The molecular weight excluding hydrogens is 281 g/mol. The first-order valence-electron chi connectivity index (χ1n) is 7.44. The molecule has 2 rings (SSSR count). The summed E-state index contributed by atoms with van der Waals surface area (Å²) in [6.07, 6.45) is 0.981. The number of methoxy groups -OCH3 is 1. The SMILES string of the molecule is COCCCNCc1ccccc1OCc1ccc(F)cc1. The monoisotopic (exact) mass is 303 g/mol.